The molecule has 0 radical (unpaired) electrons. The van der Waals surface area contributed by atoms with Gasteiger partial charge in [0.1, 0.15) is 11.6 Å². The van der Waals surface area contributed by atoms with Crippen LogP contribution < -0.4 is 4.74 Å². The van der Waals surface area contributed by atoms with Gasteiger partial charge in [-0.05, 0) is 29.8 Å². The molecule has 0 aliphatic heterocycles. The van der Waals surface area contributed by atoms with Crippen molar-refractivity contribution < 1.29 is 35.5 Å². The van der Waals surface area contributed by atoms with Crippen LogP contribution in [-0.4, -0.2) is 12.5 Å². The van der Waals surface area contributed by atoms with Crippen LogP contribution in [0.1, 0.15) is 0 Å². The van der Waals surface area contributed by atoms with Gasteiger partial charge in [0.25, 0.3) is 0 Å². The number of benzene rings is 2. The molecule has 2 rings (SSSR count). The minimum absolute atomic E-state index is 0.0947. The fraction of sp³-hybridized carbons (Fsp3) is 0.143. The van der Waals surface area contributed by atoms with E-state index in [0.29, 0.717) is 18.2 Å². The minimum atomic E-state index is -4.86. The maximum atomic E-state index is 13.6. The van der Waals surface area contributed by atoms with Gasteiger partial charge in [0.05, 0.1) is 0 Å². The Morgan fingerprint density at radius 1 is 0.864 bits per heavy atom. The van der Waals surface area contributed by atoms with E-state index in [1.807, 2.05) is 0 Å². The molecule has 0 unspecified atom stereocenters. The van der Waals surface area contributed by atoms with E-state index >= 15 is 0 Å². The molecule has 0 fully saturated rings. The lowest BCUT2D eigenvalue weighted by molar-refractivity contribution is -0.254. The first kappa shape index (κ1) is 16.1. The quantitative estimate of drug-likeness (QED) is 0.719. The number of ether oxygens (including phenoxy) is 1. The van der Waals surface area contributed by atoms with E-state index in [0.717, 1.165) is 18.2 Å². The van der Waals surface area contributed by atoms with Crippen molar-refractivity contribution in [1.29, 1.82) is 0 Å². The van der Waals surface area contributed by atoms with E-state index in [1.165, 1.54) is 0 Å². The van der Waals surface area contributed by atoms with Crippen molar-refractivity contribution in [2.75, 3.05) is 0 Å². The van der Waals surface area contributed by atoms with Gasteiger partial charge in [-0.25, -0.2) is 13.2 Å². The van der Waals surface area contributed by atoms with Crippen LogP contribution in [0.2, 0.25) is 0 Å². The largest absolute Gasteiger partial charge is 0.461 e. The smallest absolute Gasteiger partial charge is 0.425 e. The minimum Gasteiger partial charge on any atom is -0.425 e. The Balaban J connectivity index is 2.34. The van der Waals surface area contributed by atoms with Gasteiger partial charge < -0.3 is 4.74 Å². The molecule has 0 aliphatic rings. The molecule has 0 atom stereocenters. The Labute approximate surface area is 119 Å². The number of hydrogen-bond donors (Lipinski definition) is 0. The van der Waals surface area contributed by atoms with Crippen LogP contribution in [0.4, 0.5) is 30.7 Å². The highest BCUT2D eigenvalue weighted by Crippen LogP contribution is 2.32. The van der Waals surface area contributed by atoms with E-state index in [4.69, 9.17) is 0 Å². The first-order chi connectivity index (χ1) is 10.2. The third-order valence-corrected chi connectivity index (χ3v) is 2.67. The van der Waals surface area contributed by atoms with Crippen LogP contribution >= 0.6 is 0 Å². The second kappa shape index (κ2) is 5.86. The van der Waals surface area contributed by atoms with Crippen LogP contribution in [-0.2, 0) is 0 Å². The average Bonchev–Trinajstić information content (AvgIpc) is 2.41. The van der Waals surface area contributed by atoms with Gasteiger partial charge >= 0.3 is 12.5 Å². The predicted molar refractivity (Wildman–Crippen MR) is 63.3 cm³/mol. The molecular formula is C14H7F7O. The molecule has 0 N–H and O–H groups in total. The number of hydrogen-bond acceptors (Lipinski definition) is 1. The monoisotopic (exact) mass is 324 g/mol. The topological polar surface area (TPSA) is 9.23 Å². The summed E-state index contributed by atoms with van der Waals surface area (Å²) in [6, 6.07) is 4.76. The highest BCUT2D eigenvalue weighted by molar-refractivity contribution is 5.65. The van der Waals surface area contributed by atoms with Crippen molar-refractivity contribution in [1.82, 2.24) is 0 Å². The number of halogens is 7. The summed E-state index contributed by atoms with van der Waals surface area (Å²) >= 11 is 0. The maximum Gasteiger partial charge on any atom is 0.461 e. The highest BCUT2D eigenvalue weighted by Gasteiger charge is 2.44. The van der Waals surface area contributed by atoms with Crippen molar-refractivity contribution in [3.05, 3.63) is 53.8 Å². The molecule has 0 heterocycles. The fourth-order valence-corrected chi connectivity index (χ4v) is 1.67. The second-order valence-corrected chi connectivity index (χ2v) is 4.23. The summed E-state index contributed by atoms with van der Waals surface area (Å²) in [5, 5.41) is 0. The van der Waals surface area contributed by atoms with Crippen LogP contribution in [0.25, 0.3) is 11.1 Å². The van der Waals surface area contributed by atoms with Crippen molar-refractivity contribution in [2.24, 2.45) is 0 Å². The normalized spacial score (nSPS) is 11.8. The molecule has 0 spiro atoms. The number of alkyl halides is 4. The molecule has 118 valence electrons. The first-order valence-corrected chi connectivity index (χ1v) is 5.80. The summed E-state index contributed by atoms with van der Waals surface area (Å²) in [7, 11) is 0. The van der Waals surface area contributed by atoms with Gasteiger partial charge in [-0.3, -0.25) is 0 Å². The third-order valence-electron chi connectivity index (χ3n) is 2.67. The first-order valence-electron chi connectivity index (χ1n) is 5.80. The fourth-order valence-electron chi connectivity index (χ4n) is 1.67. The summed E-state index contributed by atoms with van der Waals surface area (Å²) in [6.45, 7) is 0. The molecule has 0 amide bonds. The van der Waals surface area contributed by atoms with Crippen molar-refractivity contribution >= 4 is 0 Å². The van der Waals surface area contributed by atoms with E-state index < -0.39 is 35.7 Å². The Morgan fingerprint density at radius 2 is 1.55 bits per heavy atom. The van der Waals surface area contributed by atoms with Gasteiger partial charge in [-0.1, -0.05) is 6.07 Å². The molecule has 2 aromatic carbocycles. The standard InChI is InChI=1S/C14H7F7O/c15-8-2-3-9(10(16)6-8)7-1-4-12(11(17)5-7)22-14(20,21)13(18)19/h1-6,13H. The summed E-state index contributed by atoms with van der Waals surface area (Å²) in [5.41, 5.74) is -0.282. The Morgan fingerprint density at radius 3 is 2.09 bits per heavy atom. The predicted octanol–water partition coefficient (Wildman–Crippen LogP) is 5.01. The molecule has 0 bridgehead atoms. The molecule has 2 aromatic rings. The van der Waals surface area contributed by atoms with Crippen LogP contribution in [0.3, 0.4) is 0 Å². The maximum absolute atomic E-state index is 13.6. The second-order valence-electron chi connectivity index (χ2n) is 4.23. The summed E-state index contributed by atoms with van der Waals surface area (Å²) in [6.07, 6.45) is -9.00. The van der Waals surface area contributed by atoms with Crippen LogP contribution in [0, 0.1) is 17.5 Å². The molecule has 0 saturated heterocycles. The van der Waals surface area contributed by atoms with Gasteiger partial charge in [0, 0.05) is 11.6 Å². The van der Waals surface area contributed by atoms with Crippen LogP contribution in [0.5, 0.6) is 5.75 Å². The van der Waals surface area contributed by atoms with Crippen molar-refractivity contribution in [3.8, 4) is 16.9 Å². The lowest BCUT2D eigenvalue weighted by atomic mass is 10.0. The molecular weight excluding hydrogens is 317 g/mol. The molecule has 8 heteroatoms. The summed E-state index contributed by atoms with van der Waals surface area (Å²) < 4.78 is 92.9. The molecule has 0 aliphatic carbocycles. The Bertz CT molecular complexity index is 685. The average molecular weight is 324 g/mol. The van der Waals surface area contributed by atoms with Gasteiger partial charge in [0.15, 0.2) is 11.6 Å². The summed E-state index contributed by atoms with van der Waals surface area (Å²) in [5.74, 6) is -4.35. The number of rotatable bonds is 4. The SMILES string of the molecule is Fc1ccc(-c2ccc(OC(F)(F)C(F)F)c(F)c2)c(F)c1. The third kappa shape index (κ3) is 3.32. The van der Waals surface area contributed by atoms with Gasteiger partial charge in [-0.15, -0.1) is 0 Å². The lowest BCUT2D eigenvalue weighted by Crippen LogP contribution is -2.33. The summed E-state index contributed by atoms with van der Waals surface area (Å²) in [4.78, 5) is 0. The molecule has 0 saturated carbocycles. The Kier molecular flexibility index (Phi) is 4.30. The molecule has 0 aromatic heterocycles. The molecule has 22 heavy (non-hydrogen) atoms. The van der Waals surface area contributed by atoms with E-state index in [2.05, 4.69) is 4.74 Å². The lowest BCUT2D eigenvalue weighted by Gasteiger charge is -2.17. The van der Waals surface area contributed by atoms with Gasteiger partial charge in [0.2, 0.25) is 0 Å². The van der Waals surface area contributed by atoms with Crippen molar-refractivity contribution in [3.63, 3.8) is 0 Å². The van der Waals surface area contributed by atoms with Gasteiger partial charge in [-0.2, -0.15) is 17.6 Å². The van der Waals surface area contributed by atoms with Crippen LogP contribution in [0.15, 0.2) is 36.4 Å². The highest BCUT2D eigenvalue weighted by atomic mass is 19.3. The zero-order valence-corrected chi connectivity index (χ0v) is 10.6. The van der Waals surface area contributed by atoms with Crippen molar-refractivity contribution in [2.45, 2.75) is 12.5 Å². The van der Waals surface area contributed by atoms with E-state index in [-0.39, 0.29) is 11.1 Å². The van der Waals surface area contributed by atoms with E-state index in [1.54, 1.807) is 0 Å². The zero-order chi connectivity index (χ0) is 16.5. The Hall–Kier alpha value is -2.25. The zero-order valence-electron chi connectivity index (χ0n) is 10.6. The molecule has 1 nitrogen and oxygen atoms in total. The van der Waals surface area contributed by atoms with E-state index in [9.17, 15) is 30.7 Å².